The number of rotatable bonds is 3. The van der Waals surface area contributed by atoms with Crippen LogP contribution in [0.3, 0.4) is 0 Å². The van der Waals surface area contributed by atoms with Crippen LogP contribution in [-0.4, -0.2) is 45.1 Å². The van der Waals surface area contributed by atoms with E-state index >= 15 is 0 Å². The smallest absolute Gasteiger partial charge is 0.410 e. The minimum Gasteiger partial charge on any atom is -0.444 e. The summed E-state index contributed by atoms with van der Waals surface area (Å²) in [5, 5.41) is 4.31. The fraction of sp³-hybridized carbons (Fsp3) is 0.750. The maximum Gasteiger partial charge on any atom is 0.410 e. The van der Waals surface area contributed by atoms with Crippen molar-refractivity contribution in [2.45, 2.75) is 58.8 Å². The predicted octanol–water partition coefficient (Wildman–Crippen LogP) is 2.64. The van der Waals surface area contributed by atoms with Crippen LogP contribution < -0.4 is 0 Å². The molecule has 22 heavy (non-hydrogen) atoms. The van der Waals surface area contributed by atoms with Crippen LogP contribution in [0.4, 0.5) is 4.79 Å². The van der Waals surface area contributed by atoms with Crippen molar-refractivity contribution in [1.29, 1.82) is 0 Å². The summed E-state index contributed by atoms with van der Waals surface area (Å²) in [5.41, 5.74) is 1.21. The summed E-state index contributed by atoms with van der Waals surface area (Å²) >= 11 is 0. The molecule has 1 unspecified atom stereocenters. The van der Waals surface area contributed by atoms with Crippen LogP contribution in [0.25, 0.3) is 0 Å². The van der Waals surface area contributed by atoms with Crippen LogP contribution in [0, 0.1) is 6.92 Å². The third-order valence-corrected chi connectivity index (χ3v) is 3.75. The zero-order valence-corrected chi connectivity index (χ0v) is 14.5. The molecule has 1 aliphatic rings. The zero-order chi connectivity index (χ0) is 16.5. The molecule has 0 N–H and O–H groups in total. The average Bonchev–Trinajstić information content (AvgIpc) is 2.89. The minimum absolute atomic E-state index is 0.267. The first-order valence-electron chi connectivity index (χ1n) is 7.69. The van der Waals surface area contributed by atoms with Crippen LogP contribution in [-0.2, 0) is 23.1 Å². The Kier molecular flexibility index (Phi) is 4.52. The van der Waals surface area contributed by atoms with E-state index in [4.69, 9.17) is 9.47 Å². The molecule has 0 aromatic carbocycles. The van der Waals surface area contributed by atoms with Gasteiger partial charge in [0.25, 0.3) is 0 Å². The number of aromatic nitrogens is 2. The summed E-state index contributed by atoms with van der Waals surface area (Å²) in [5.74, 6) is 0. The number of carbonyl (C=O) groups excluding carboxylic acids is 1. The summed E-state index contributed by atoms with van der Waals surface area (Å²) in [7, 11) is 1.91. The molecule has 2 heterocycles. The summed E-state index contributed by atoms with van der Waals surface area (Å²) < 4.78 is 13.3. The molecule has 1 aliphatic heterocycles. The topological polar surface area (TPSA) is 56.6 Å². The fourth-order valence-electron chi connectivity index (χ4n) is 2.58. The van der Waals surface area contributed by atoms with E-state index in [1.807, 2.05) is 52.4 Å². The highest BCUT2D eigenvalue weighted by atomic mass is 16.6. The first-order chi connectivity index (χ1) is 10.1. The molecule has 6 nitrogen and oxygen atoms in total. The van der Waals surface area contributed by atoms with Crippen molar-refractivity contribution in [2.75, 3.05) is 13.1 Å². The summed E-state index contributed by atoms with van der Waals surface area (Å²) in [6, 6.07) is 2.02. The quantitative estimate of drug-likeness (QED) is 0.861. The van der Waals surface area contributed by atoms with Crippen LogP contribution in [0.15, 0.2) is 6.07 Å². The van der Waals surface area contributed by atoms with E-state index in [-0.39, 0.29) is 11.7 Å². The average molecular weight is 309 g/mol. The van der Waals surface area contributed by atoms with Crippen LogP contribution in [0.5, 0.6) is 0 Å². The van der Waals surface area contributed by atoms with Gasteiger partial charge in [-0.05, 0) is 47.1 Å². The Hall–Kier alpha value is -1.56. The second-order valence-corrected chi connectivity index (χ2v) is 7.29. The molecule has 1 saturated heterocycles. The highest BCUT2D eigenvalue weighted by Crippen LogP contribution is 2.27. The molecule has 124 valence electrons. The molecule has 1 amide bonds. The molecule has 1 aromatic heterocycles. The monoisotopic (exact) mass is 309 g/mol. The molecule has 1 aromatic rings. The van der Waals surface area contributed by atoms with Gasteiger partial charge in [-0.25, -0.2) is 4.79 Å². The highest BCUT2D eigenvalue weighted by molar-refractivity contribution is 5.68. The number of hydrogen-bond acceptors (Lipinski definition) is 4. The van der Waals surface area contributed by atoms with Gasteiger partial charge in [0.05, 0.1) is 30.1 Å². The molecule has 0 bridgehead atoms. The first kappa shape index (κ1) is 16.8. The molecule has 2 rings (SSSR count). The van der Waals surface area contributed by atoms with Gasteiger partial charge >= 0.3 is 6.09 Å². The molecule has 0 saturated carbocycles. The van der Waals surface area contributed by atoms with E-state index < -0.39 is 5.60 Å². The third kappa shape index (κ3) is 4.22. The van der Waals surface area contributed by atoms with Crippen molar-refractivity contribution in [3.05, 3.63) is 17.5 Å². The summed E-state index contributed by atoms with van der Waals surface area (Å²) in [6.07, 6.45) is 0.541. The van der Waals surface area contributed by atoms with Crippen molar-refractivity contribution in [1.82, 2.24) is 14.7 Å². The zero-order valence-electron chi connectivity index (χ0n) is 14.5. The van der Waals surface area contributed by atoms with Gasteiger partial charge in [-0.15, -0.1) is 0 Å². The number of aryl methyl sites for hydroxylation is 2. The van der Waals surface area contributed by atoms with Crippen molar-refractivity contribution < 1.29 is 14.3 Å². The number of amides is 1. The Morgan fingerprint density at radius 3 is 2.68 bits per heavy atom. The second-order valence-electron chi connectivity index (χ2n) is 7.29. The van der Waals surface area contributed by atoms with Gasteiger partial charge in [0.2, 0.25) is 0 Å². The Labute approximate surface area is 132 Å². The Morgan fingerprint density at radius 1 is 1.45 bits per heavy atom. The third-order valence-electron chi connectivity index (χ3n) is 3.75. The largest absolute Gasteiger partial charge is 0.444 e. The van der Waals surface area contributed by atoms with Crippen LogP contribution in [0.1, 0.15) is 45.5 Å². The Morgan fingerprint density at radius 2 is 2.14 bits per heavy atom. The lowest BCUT2D eigenvalue weighted by Crippen LogP contribution is -2.39. The van der Waals surface area contributed by atoms with Crippen LogP contribution in [0.2, 0.25) is 0 Å². The van der Waals surface area contributed by atoms with Gasteiger partial charge in [-0.3, -0.25) is 4.68 Å². The maximum atomic E-state index is 12.1. The van der Waals surface area contributed by atoms with Crippen molar-refractivity contribution in [2.24, 2.45) is 7.05 Å². The van der Waals surface area contributed by atoms with Gasteiger partial charge in [0, 0.05) is 13.6 Å². The second kappa shape index (κ2) is 5.91. The molecule has 1 fully saturated rings. The van der Waals surface area contributed by atoms with E-state index in [9.17, 15) is 4.79 Å². The van der Waals surface area contributed by atoms with Crippen molar-refractivity contribution in [3.8, 4) is 0 Å². The number of ether oxygens (including phenoxy) is 2. The van der Waals surface area contributed by atoms with E-state index in [0.717, 1.165) is 17.8 Å². The van der Waals surface area contributed by atoms with E-state index in [2.05, 4.69) is 5.10 Å². The molecule has 0 radical (unpaired) electrons. The van der Waals surface area contributed by atoms with Gasteiger partial charge in [-0.1, -0.05) is 0 Å². The predicted molar refractivity (Wildman–Crippen MR) is 83.6 cm³/mol. The molecule has 0 spiro atoms. The first-order valence-corrected chi connectivity index (χ1v) is 7.69. The maximum absolute atomic E-state index is 12.1. The van der Waals surface area contributed by atoms with Gasteiger partial charge < -0.3 is 14.4 Å². The lowest BCUT2D eigenvalue weighted by molar-refractivity contribution is -0.0396. The standard InChI is InChI=1S/C16H27N3O3/c1-12-9-13(18(6)17-12)10-21-16(5)7-8-19(11-16)14(20)22-15(2,3)4/h9H,7-8,10-11H2,1-6H3. The minimum atomic E-state index is -0.469. The lowest BCUT2D eigenvalue weighted by atomic mass is 10.1. The lowest BCUT2D eigenvalue weighted by Gasteiger charge is -2.27. The highest BCUT2D eigenvalue weighted by Gasteiger charge is 2.38. The molecule has 6 heteroatoms. The molecule has 0 aliphatic carbocycles. The summed E-state index contributed by atoms with van der Waals surface area (Å²) in [4.78, 5) is 13.8. The van der Waals surface area contributed by atoms with Crippen molar-refractivity contribution in [3.63, 3.8) is 0 Å². The van der Waals surface area contributed by atoms with Gasteiger partial charge in [0.15, 0.2) is 0 Å². The normalized spacial score (nSPS) is 22.2. The molecular weight excluding hydrogens is 282 g/mol. The number of carbonyl (C=O) groups is 1. The Bertz CT molecular complexity index is 547. The van der Waals surface area contributed by atoms with Crippen molar-refractivity contribution >= 4 is 6.09 Å². The SMILES string of the molecule is Cc1cc(COC2(C)CCN(C(=O)OC(C)(C)C)C2)n(C)n1. The molecule has 1 atom stereocenters. The number of hydrogen-bond donors (Lipinski definition) is 0. The van der Waals surface area contributed by atoms with E-state index in [0.29, 0.717) is 19.7 Å². The fourth-order valence-corrected chi connectivity index (χ4v) is 2.58. The van der Waals surface area contributed by atoms with Gasteiger partial charge in [0.1, 0.15) is 5.60 Å². The number of nitrogens with zero attached hydrogens (tertiary/aromatic N) is 3. The molecular formula is C16H27N3O3. The summed E-state index contributed by atoms with van der Waals surface area (Å²) in [6.45, 7) is 11.3. The van der Waals surface area contributed by atoms with Gasteiger partial charge in [-0.2, -0.15) is 5.10 Å². The number of likely N-dealkylation sites (tertiary alicyclic amines) is 1. The Balaban J connectivity index is 1.90. The van der Waals surface area contributed by atoms with E-state index in [1.54, 1.807) is 4.90 Å². The van der Waals surface area contributed by atoms with Crippen LogP contribution >= 0.6 is 0 Å². The van der Waals surface area contributed by atoms with E-state index in [1.165, 1.54) is 0 Å².